The van der Waals surface area contributed by atoms with Crippen LogP contribution in [0.5, 0.6) is 0 Å². The van der Waals surface area contributed by atoms with Crippen LogP contribution in [0.3, 0.4) is 0 Å². The van der Waals surface area contributed by atoms with Crippen LogP contribution in [-0.4, -0.2) is 4.98 Å². The molecular weight excluding hydrogens is 297 g/mol. The molecule has 18 heavy (non-hydrogen) atoms. The highest BCUT2D eigenvalue weighted by Gasteiger charge is 2.04. The van der Waals surface area contributed by atoms with Crippen molar-refractivity contribution >= 4 is 27.4 Å². The molecule has 2 aromatic rings. The first kappa shape index (κ1) is 12.5. The number of hydrogen-bond donors (Lipinski definition) is 1. The second kappa shape index (κ2) is 5.15. The third-order valence-corrected chi connectivity index (χ3v) is 2.93. The molecule has 2 rings (SSSR count). The van der Waals surface area contributed by atoms with Gasteiger partial charge in [0.05, 0.1) is 17.3 Å². The summed E-state index contributed by atoms with van der Waals surface area (Å²) in [5.74, 6) is 0.237. The van der Waals surface area contributed by atoms with Gasteiger partial charge >= 0.3 is 0 Å². The molecule has 0 aliphatic carbocycles. The van der Waals surface area contributed by atoms with Crippen molar-refractivity contribution in [2.45, 2.75) is 6.92 Å². The first-order valence-corrected chi connectivity index (χ1v) is 5.98. The second-order valence-corrected chi connectivity index (χ2v) is 4.60. The highest BCUT2D eigenvalue weighted by molar-refractivity contribution is 9.10. The maximum absolute atomic E-state index is 13.0. The molecule has 3 nitrogen and oxygen atoms in total. The number of nitrogens with one attached hydrogen (secondary N) is 1. The summed E-state index contributed by atoms with van der Waals surface area (Å²) in [6.45, 7) is 1.81. The van der Waals surface area contributed by atoms with Crippen LogP contribution in [0.1, 0.15) is 11.3 Å². The van der Waals surface area contributed by atoms with Crippen LogP contribution in [0, 0.1) is 24.1 Å². The van der Waals surface area contributed by atoms with Gasteiger partial charge < -0.3 is 5.32 Å². The average Bonchev–Trinajstić information content (AvgIpc) is 2.32. The van der Waals surface area contributed by atoms with Crippen LogP contribution < -0.4 is 5.32 Å². The van der Waals surface area contributed by atoms with E-state index in [9.17, 15) is 4.39 Å². The third-order valence-electron chi connectivity index (χ3n) is 2.28. The van der Waals surface area contributed by atoms with Gasteiger partial charge in [-0.2, -0.15) is 5.26 Å². The number of rotatable bonds is 2. The van der Waals surface area contributed by atoms with E-state index in [2.05, 4.69) is 32.3 Å². The standard InChI is InChI=1S/C13H9BrFN3/c1-8-4-9(7-16)5-13(17-8)18-12-3-2-10(15)6-11(12)14/h2-6H,1H3,(H,17,18). The lowest BCUT2D eigenvalue weighted by atomic mass is 10.2. The maximum Gasteiger partial charge on any atom is 0.131 e. The Bertz CT molecular complexity index is 635. The minimum absolute atomic E-state index is 0.317. The number of aryl methyl sites for hydroxylation is 1. The monoisotopic (exact) mass is 305 g/mol. The summed E-state index contributed by atoms with van der Waals surface area (Å²) >= 11 is 3.26. The van der Waals surface area contributed by atoms with Gasteiger partial charge in [0.2, 0.25) is 0 Å². The first-order chi connectivity index (χ1) is 8.58. The topological polar surface area (TPSA) is 48.7 Å². The summed E-state index contributed by atoms with van der Waals surface area (Å²) in [6, 6.07) is 9.73. The number of pyridine rings is 1. The number of halogens is 2. The molecule has 1 N–H and O–H groups in total. The van der Waals surface area contributed by atoms with E-state index in [0.717, 1.165) is 5.69 Å². The predicted octanol–water partition coefficient (Wildman–Crippen LogP) is 3.91. The van der Waals surface area contributed by atoms with E-state index in [4.69, 9.17) is 5.26 Å². The molecule has 1 aromatic heterocycles. The zero-order valence-electron chi connectivity index (χ0n) is 9.54. The molecule has 0 saturated heterocycles. The largest absolute Gasteiger partial charge is 0.339 e. The molecule has 90 valence electrons. The average molecular weight is 306 g/mol. The molecule has 0 aliphatic rings. The van der Waals surface area contributed by atoms with Crippen LogP contribution in [-0.2, 0) is 0 Å². The van der Waals surface area contributed by atoms with E-state index in [0.29, 0.717) is 21.5 Å². The SMILES string of the molecule is Cc1cc(C#N)cc(Nc2ccc(F)cc2Br)n1. The summed E-state index contributed by atoms with van der Waals surface area (Å²) in [5, 5.41) is 11.9. The van der Waals surface area contributed by atoms with Gasteiger partial charge in [0, 0.05) is 10.2 Å². The van der Waals surface area contributed by atoms with E-state index in [1.165, 1.54) is 12.1 Å². The zero-order chi connectivity index (χ0) is 13.1. The lowest BCUT2D eigenvalue weighted by molar-refractivity contribution is 0.627. The normalized spacial score (nSPS) is 9.89. The summed E-state index contributed by atoms with van der Waals surface area (Å²) in [7, 11) is 0. The van der Waals surface area contributed by atoms with Crippen molar-refractivity contribution in [3.05, 3.63) is 51.9 Å². The highest BCUT2D eigenvalue weighted by atomic mass is 79.9. The summed E-state index contributed by atoms with van der Waals surface area (Å²) < 4.78 is 13.6. The Balaban J connectivity index is 2.34. The molecule has 0 amide bonds. The number of benzene rings is 1. The fourth-order valence-corrected chi connectivity index (χ4v) is 1.98. The first-order valence-electron chi connectivity index (χ1n) is 5.19. The Kier molecular flexibility index (Phi) is 3.58. The zero-order valence-corrected chi connectivity index (χ0v) is 11.1. The summed E-state index contributed by atoms with van der Waals surface area (Å²) in [6.07, 6.45) is 0. The van der Waals surface area contributed by atoms with Crippen LogP contribution >= 0.6 is 15.9 Å². The third kappa shape index (κ3) is 2.84. The quantitative estimate of drug-likeness (QED) is 0.915. The maximum atomic E-state index is 13.0. The molecule has 1 heterocycles. The van der Waals surface area contributed by atoms with Gasteiger partial charge in [-0.15, -0.1) is 0 Å². The molecule has 0 saturated carbocycles. The number of anilines is 2. The minimum atomic E-state index is -0.317. The van der Waals surface area contributed by atoms with E-state index in [1.807, 2.05) is 6.92 Å². The van der Waals surface area contributed by atoms with Gasteiger partial charge in [-0.1, -0.05) is 0 Å². The van der Waals surface area contributed by atoms with Gasteiger partial charge in [-0.25, -0.2) is 9.37 Å². The van der Waals surface area contributed by atoms with Crippen molar-refractivity contribution in [2.24, 2.45) is 0 Å². The van der Waals surface area contributed by atoms with Gasteiger partial charge in [0.25, 0.3) is 0 Å². The number of nitrogens with zero attached hydrogens (tertiary/aromatic N) is 2. The smallest absolute Gasteiger partial charge is 0.131 e. The van der Waals surface area contributed by atoms with Crippen LogP contribution in [0.2, 0.25) is 0 Å². The van der Waals surface area contributed by atoms with Crippen molar-refractivity contribution < 1.29 is 4.39 Å². The molecular formula is C13H9BrFN3. The van der Waals surface area contributed by atoms with Gasteiger partial charge in [-0.05, 0) is 53.2 Å². The Morgan fingerprint density at radius 2 is 2.11 bits per heavy atom. The summed E-state index contributed by atoms with van der Waals surface area (Å²) in [4.78, 5) is 4.26. The van der Waals surface area contributed by atoms with Crippen molar-refractivity contribution in [1.82, 2.24) is 4.98 Å². The van der Waals surface area contributed by atoms with Crippen LogP contribution in [0.25, 0.3) is 0 Å². The second-order valence-electron chi connectivity index (χ2n) is 3.74. The Hall–Kier alpha value is -1.93. The predicted molar refractivity (Wildman–Crippen MR) is 71.1 cm³/mol. The van der Waals surface area contributed by atoms with Gasteiger partial charge in [-0.3, -0.25) is 0 Å². The van der Waals surface area contributed by atoms with Crippen LogP contribution in [0.4, 0.5) is 15.9 Å². The molecule has 0 fully saturated rings. The van der Waals surface area contributed by atoms with E-state index < -0.39 is 0 Å². The lowest BCUT2D eigenvalue weighted by Crippen LogP contribution is -1.97. The molecule has 0 spiro atoms. The molecule has 0 aliphatic heterocycles. The lowest BCUT2D eigenvalue weighted by Gasteiger charge is -2.08. The van der Waals surface area contributed by atoms with E-state index in [-0.39, 0.29) is 5.82 Å². The summed E-state index contributed by atoms with van der Waals surface area (Å²) in [5.41, 5.74) is 1.97. The van der Waals surface area contributed by atoms with Crippen molar-refractivity contribution in [1.29, 1.82) is 5.26 Å². The fraction of sp³-hybridized carbons (Fsp3) is 0.0769. The van der Waals surface area contributed by atoms with Gasteiger partial charge in [0.15, 0.2) is 0 Å². The Morgan fingerprint density at radius 1 is 1.33 bits per heavy atom. The molecule has 1 aromatic carbocycles. The number of hydrogen-bond acceptors (Lipinski definition) is 3. The molecule has 5 heteroatoms. The molecule has 0 bridgehead atoms. The fourth-order valence-electron chi connectivity index (χ4n) is 1.53. The Morgan fingerprint density at radius 3 is 2.78 bits per heavy atom. The van der Waals surface area contributed by atoms with Crippen LogP contribution in [0.15, 0.2) is 34.8 Å². The van der Waals surface area contributed by atoms with Gasteiger partial charge in [0.1, 0.15) is 11.6 Å². The number of nitriles is 1. The van der Waals surface area contributed by atoms with E-state index in [1.54, 1.807) is 18.2 Å². The van der Waals surface area contributed by atoms with E-state index >= 15 is 0 Å². The van der Waals surface area contributed by atoms with Crippen molar-refractivity contribution in [2.75, 3.05) is 5.32 Å². The van der Waals surface area contributed by atoms with Crippen molar-refractivity contribution in [3.8, 4) is 6.07 Å². The minimum Gasteiger partial charge on any atom is -0.339 e. The highest BCUT2D eigenvalue weighted by Crippen LogP contribution is 2.26. The van der Waals surface area contributed by atoms with Crippen molar-refractivity contribution in [3.63, 3.8) is 0 Å². The molecule has 0 atom stereocenters. The Labute approximate surface area is 112 Å². The molecule has 0 radical (unpaired) electrons. The number of aromatic nitrogens is 1. The molecule has 0 unspecified atom stereocenters.